The van der Waals surface area contributed by atoms with E-state index in [1.807, 2.05) is 6.92 Å². The predicted molar refractivity (Wildman–Crippen MR) is 69.0 cm³/mol. The molecule has 0 saturated carbocycles. The van der Waals surface area contributed by atoms with Crippen LogP contribution >= 0.6 is 0 Å². The van der Waals surface area contributed by atoms with Gasteiger partial charge in [-0.25, -0.2) is 9.48 Å². The molecule has 20 heavy (non-hydrogen) atoms. The minimum absolute atomic E-state index is 0.147. The zero-order chi connectivity index (χ0) is 14.7. The van der Waals surface area contributed by atoms with Gasteiger partial charge in [0, 0.05) is 6.07 Å². The highest BCUT2D eigenvalue weighted by Crippen LogP contribution is 2.24. The van der Waals surface area contributed by atoms with Crippen molar-refractivity contribution in [1.82, 2.24) is 15.0 Å². The maximum atomic E-state index is 11.1. The van der Waals surface area contributed by atoms with E-state index in [1.165, 1.54) is 22.9 Å². The number of carboxylic acids is 1. The van der Waals surface area contributed by atoms with Crippen molar-refractivity contribution in [2.75, 3.05) is 0 Å². The van der Waals surface area contributed by atoms with Gasteiger partial charge in [-0.05, 0) is 12.5 Å². The molecular formula is C12H12N4O4. The highest BCUT2D eigenvalue weighted by Gasteiger charge is 2.23. The lowest BCUT2D eigenvalue weighted by molar-refractivity contribution is -0.384. The van der Waals surface area contributed by atoms with E-state index in [1.54, 1.807) is 6.07 Å². The van der Waals surface area contributed by atoms with Crippen molar-refractivity contribution in [2.45, 2.75) is 19.8 Å². The van der Waals surface area contributed by atoms with E-state index in [9.17, 15) is 14.9 Å². The van der Waals surface area contributed by atoms with Crippen LogP contribution in [0.3, 0.4) is 0 Å². The van der Waals surface area contributed by atoms with E-state index in [2.05, 4.69) is 10.3 Å². The van der Waals surface area contributed by atoms with Gasteiger partial charge in [-0.3, -0.25) is 10.1 Å². The van der Waals surface area contributed by atoms with E-state index in [0.717, 1.165) is 0 Å². The summed E-state index contributed by atoms with van der Waals surface area (Å²) >= 11 is 0. The van der Waals surface area contributed by atoms with Gasteiger partial charge >= 0.3 is 5.97 Å². The number of benzene rings is 1. The van der Waals surface area contributed by atoms with Crippen LogP contribution in [0, 0.1) is 10.1 Å². The van der Waals surface area contributed by atoms with Gasteiger partial charge in [-0.15, -0.1) is 5.10 Å². The largest absolute Gasteiger partial charge is 0.476 e. The van der Waals surface area contributed by atoms with Gasteiger partial charge in [0.15, 0.2) is 5.69 Å². The van der Waals surface area contributed by atoms with Crippen molar-refractivity contribution in [2.24, 2.45) is 0 Å². The Kier molecular flexibility index (Phi) is 3.74. The molecule has 0 aliphatic rings. The second kappa shape index (κ2) is 5.47. The quantitative estimate of drug-likeness (QED) is 0.658. The molecule has 2 rings (SSSR count). The van der Waals surface area contributed by atoms with Crippen molar-refractivity contribution in [3.05, 3.63) is 45.8 Å². The number of aromatic carboxylic acids is 1. The van der Waals surface area contributed by atoms with Crippen LogP contribution in [0.2, 0.25) is 0 Å². The fourth-order valence-electron chi connectivity index (χ4n) is 1.92. The normalized spacial score (nSPS) is 10.4. The van der Waals surface area contributed by atoms with Gasteiger partial charge in [0.05, 0.1) is 10.6 Å². The lowest BCUT2D eigenvalue weighted by Crippen LogP contribution is -2.08. The van der Waals surface area contributed by atoms with Crippen LogP contribution in [0.25, 0.3) is 5.69 Å². The topological polar surface area (TPSA) is 111 Å². The number of carbonyl (C=O) groups is 1. The number of rotatable bonds is 5. The number of aromatic nitrogens is 3. The summed E-state index contributed by atoms with van der Waals surface area (Å²) in [5.41, 5.74) is 0.243. The molecule has 2 aromatic rings. The SMILES string of the molecule is CCCc1c(C(=O)O)nnn1-c1ccccc1[N+](=O)[O-]. The molecule has 0 atom stereocenters. The van der Waals surface area contributed by atoms with Crippen molar-refractivity contribution >= 4 is 11.7 Å². The van der Waals surface area contributed by atoms with E-state index in [-0.39, 0.29) is 17.1 Å². The zero-order valence-corrected chi connectivity index (χ0v) is 10.7. The lowest BCUT2D eigenvalue weighted by atomic mass is 10.2. The number of hydrogen-bond acceptors (Lipinski definition) is 5. The average molecular weight is 276 g/mol. The molecule has 104 valence electrons. The second-order valence-electron chi connectivity index (χ2n) is 4.10. The Morgan fingerprint density at radius 2 is 2.15 bits per heavy atom. The van der Waals surface area contributed by atoms with E-state index < -0.39 is 10.9 Å². The highest BCUT2D eigenvalue weighted by atomic mass is 16.6. The first kappa shape index (κ1) is 13.7. The first-order chi connectivity index (χ1) is 9.56. The van der Waals surface area contributed by atoms with Crippen molar-refractivity contribution in [3.8, 4) is 5.69 Å². The van der Waals surface area contributed by atoms with Gasteiger partial charge in [0.2, 0.25) is 0 Å². The van der Waals surface area contributed by atoms with E-state index in [4.69, 9.17) is 5.11 Å². The second-order valence-corrected chi connectivity index (χ2v) is 4.10. The number of carboxylic acid groups (broad SMARTS) is 1. The summed E-state index contributed by atoms with van der Waals surface area (Å²) in [4.78, 5) is 21.6. The molecule has 1 heterocycles. The van der Waals surface area contributed by atoms with Crippen LogP contribution in [0.4, 0.5) is 5.69 Å². The summed E-state index contributed by atoms with van der Waals surface area (Å²) in [5.74, 6) is -1.20. The van der Waals surface area contributed by atoms with Gasteiger partial charge in [-0.1, -0.05) is 30.7 Å². The average Bonchev–Trinajstić information content (AvgIpc) is 2.83. The third kappa shape index (κ3) is 2.35. The molecule has 0 amide bonds. The van der Waals surface area contributed by atoms with E-state index in [0.29, 0.717) is 18.5 Å². The molecule has 1 N–H and O–H groups in total. The van der Waals surface area contributed by atoms with Crippen LogP contribution in [0.1, 0.15) is 29.5 Å². The lowest BCUT2D eigenvalue weighted by Gasteiger charge is -2.06. The molecule has 1 aromatic heterocycles. The smallest absolute Gasteiger partial charge is 0.358 e. The maximum absolute atomic E-state index is 11.1. The first-order valence-electron chi connectivity index (χ1n) is 5.98. The molecule has 0 aliphatic heterocycles. The van der Waals surface area contributed by atoms with Crippen LogP contribution in [-0.2, 0) is 6.42 Å². The fraction of sp³-hybridized carbons (Fsp3) is 0.250. The Labute approximate surface area is 113 Å². The predicted octanol–water partition coefficient (Wildman–Crippen LogP) is 1.83. The third-order valence-corrected chi connectivity index (χ3v) is 2.76. The molecule has 1 aromatic carbocycles. The molecule has 0 fully saturated rings. The summed E-state index contributed by atoms with van der Waals surface area (Å²) in [6.45, 7) is 1.88. The van der Waals surface area contributed by atoms with Gasteiger partial charge in [0.25, 0.3) is 5.69 Å². The minimum Gasteiger partial charge on any atom is -0.476 e. The monoisotopic (exact) mass is 276 g/mol. The summed E-state index contributed by atoms with van der Waals surface area (Å²) < 4.78 is 1.23. The highest BCUT2D eigenvalue weighted by molar-refractivity contribution is 5.86. The zero-order valence-electron chi connectivity index (χ0n) is 10.7. The summed E-state index contributed by atoms with van der Waals surface area (Å²) in [6.07, 6.45) is 1.09. The minimum atomic E-state index is -1.20. The molecule has 0 bridgehead atoms. The molecule has 0 saturated heterocycles. The summed E-state index contributed by atoms with van der Waals surface area (Å²) in [5, 5.41) is 27.5. The maximum Gasteiger partial charge on any atom is 0.358 e. The Hall–Kier alpha value is -2.77. The van der Waals surface area contributed by atoms with Crippen LogP contribution < -0.4 is 0 Å². The van der Waals surface area contributed by atoms with Crippen LogP contribution in [0.5, 0.6) is 0 Å². The molecule has 0 spiro atoms. The molecule has 0 unspecified atom stereocenters. The van der Waals surface area contributed by atoms with Gasteiger partial charge in [0.1, 0.15) is 5.69 Å². The Morgan fingerprint density at radius 1 is 1.45 bits per heavy atom. The summed E-state index contributed by atoms with van der Waals surface area (Å²) in [7, 11) is 0. The van der Waals surface area contributed by atoms with Crippen LogP contribution in [0.15, 0.2) is 24.3 Å². The van der Waals surface area contributed by atoms with E-state index >= 15 is 0 Å². The number of nitrogens with zero attached hydrogens (tertiary/aromatic N) is 4. The molecule has 0 aliphatic carbocycles. The number of hydrogen-bond donors (Lipinski definition) is 1. The van der Waals surface area contributed by atoms with Crippen molar-refractivity contribution in [3.63, 3.8) is 0 Å². The molecular weight excluding hydrogens is 264 g/mol. The first-order valence-corrected chi connectivity index (χ1v) is 5.98. The standard InChI is InChI=1S/C12H12N4O4/c1-2-5-10-11(12(17)18)13-14-15(10)8-6-3-4-7-9(8)16(19)20/h3-4,6-7H,2,5H2,1H3,(H,17,18). The summed E-state index contributed by atoms with van der Waals surface area (Å²) in [6, 6.07) is 6.02. The molecule has 8 nitrogen and oxygen atoms in total. The third-order valence-electron chi connectivity index (χ3n) is 2.76. The number of nitro groups is 1. The number of para-hydroxylation sites is 2. The molecule has 0 radical (unpaired) electrons. The van der Waals surface area contributed by atoms with Gasteiger partial charge < -0.3 is 5.11 Å². The van der Waals surface area contributed by atoms with Crippen LogP contribution in [-0.4, -0.2) is 31.0 Å². The molecule has 8 heteroatoms. The van der Waals surface area contributed by atoms with Crippen molar-refractivity contribution < 1.29 is 14.8 Å². The fourth-order valence-corrected chi connectivity index (χ4v) is 1.92. The Bertz CT molecular complexity index is 665. The Balaban J connectivity index is 2.64. The number of nitro benzene ring substituents is 1. The van der Waals surface area contributed by atoms with Crippen molar-refractivity contribution in [1.29, 1.82) is 0 Å². The Morgan fingerprint density at radius 3 is 2.75 bits per heavy atom. The van der Waals surface area contributed by atoms with Gasteiger partial charge in [-0.2, -0.15) is 0 Å².